The van der Waals surface area contributed by atoms with Crippen LogP contribution in [0.3, 0.4) is 0 Å². The molecule has 1 nitrogen and oxygen atoms in total. The largest absolute Gasteiger partial charge is 0.309 e. The highest BCUT2D eigenvalue weighted by molar-refractivity contribution is 6.26. The Kier molecular flexibility index (Phi) is 7.33. The third-order valence-electron chi connectivity index (χ3n) is 14.2. The molecule has 0 N–H and O–H groups in total. The molecule has 1 heteroatoms. The van der Waals surface area contributed by atoms with Crippen LogP contribution in [-0.2, 0) is 10.8 Å². The summed E-state index contributed by atoms with van der Waals surface area (Å²) < 4.78 is 2.50. The van der Waals surface area contributed by atoms with Crippen LogP contribution in [0.15, 0.2) is 176 Å². The topological polar surface area (TPSA) is 4.93 Å². The van der Waals surface area contributed by atoms with Gasteiger partial charge >= 0.3 is 0 Å². The van der Waals surface area contributed by atoms with Crippen LogP contribution >= 0.6 is 0 Å². The predicted octanol–water partition coefficient (Wildman–Crippen LogP) is 17.7. The zero-order valence-corrected chi connectivity index (χ0v) is 36.7. The lowest BCUT2D eigenvalue weighted by Crippen LogP contribution is -2.10. The van der Waals surface area contributed by atoms with Crippen LogP contribution in [0.5, 0.6) is 0 Å². The Morgan fingerprint density at radius 2 is 0.746 bits per heavy atom. The van der Waals surface area contributed by atoms with Crippen LogP contribution < -0.4 is 0 Å². The normalized spacial score (nSPS) is 12.9. The van der Waals surface area contributed by atoms with Crippen molar-refractivity contribution in [3.63, 3.8) is 0 Å². The summed E-state index contributed by atoms with van der Waals surface area (Å²) in [6, 6.07) is 67.4. The molecule has 0 aliphatic heterocycles. The zero-order chi connectivity index (χ0) is 42.5. The Bertz CT molecular complexity index is 3880. The second kappa shape index (κ2) is 12.7. The van der Waals surface area contributed by atoms with E-state index in [1.165, 1.54) is 131 Å². The number of hydrogen-bond donors (Lipinski definition) is 0. The molecule has 1 heterocycles. The van der Waals surface area contributed by atoms with Crippen molar-refractivity contribution in [1.29, 1.82) is 0 Å². The molecule has 0 aliphatic carbocycles. The molecule has 1 aromatic heterocycles. The zero-order valence-electron chi connectivity index (χ0n) is 36.7. The van der Waals surface area contributed by atoms with Crippen LogP contribution in [0.1, 0.15) is 52.7 Å². The van der Waals surface area contributed by atoms with E-state index in [0.717, 1.165) is 5.69 Å². The summed E-state index contributed by atoms with van der Waals surface area (Å²) in [4.78, 5) is 0. The molecule has 300 valence electrons. The maximum absolute atomic E-state index is 2.50. The smallest absolute Gasteiger partial charge is 0.0619 e. The first-order chi connectivity index (χ1) is 30.5. The number of aromatic nitrogens is 1. The Morgan fingerprint density at radius 3 is 1.24 bits per heavy atom. The van der Waals surface area contributed by atoms with E-state index >= 15 is 0 Å². The maximum atomic E-state index is 2.50. The maximum Gasteiger partial charge on any atom is 0.0619 e. The molecule has 63 heavy (non-hydrogen) atoms. The van der Waals surface area contributed by atoms with Crippen molar-refractivity contribution in [2.75, 3.05) is 0 Å². The summed E-state index contributed by atoms with van der Waals surface area (Å²) in [5.41, 5.74) is 11.5. The van der Waals surface area contributed by atoms with Gasteiger partial charge in [0.1, 0.15) is 0 Å². The van der Waals surface area contributed by atoms with Gasteiger partial charge < -0.3 is 4.57 Å². The molecule has 0 aliphatic rings. The molecule has 0 atom stereocenters. The molecule has 0 amide bonds. The first-order valence-corrected chi connectivity index (χ1v) is 22.5. The van der Waals surface area contributed by atoms with E-state index in [1.807, 2.05) is 0 Å². The standard InChI is InChI=1S/C62H47N/c1-61(2,3)47-31-41-19-15-37-27-45(28-38-16-20-42(32-47)58(41)56(37)38)36-23-24-52-54-26-25-51-50(13-10-14-53(51)60(54)63(55(52)35-36)49-11-8-7-9-12-49)46-29-39-17-21-43-33-48(62(4,5)6)34-44-22-18-40(30-46)57(39)59(43)44/h7-35H,1-6H3. The Labute approximate surface area is 367 Å². The highest BCUT2D eigenvalue weighted by Crippen LogP contribution is 2.45. The molecule has 13 aromatic rings. The molecular formula is C62H47N. The summed E-state index contributed by atoms with van der Waals surface area (Å²) in [5, 5.41) is 20.9. The van der Waals surface area contributed by atoms with Gasteiger partial charge in [0.2, 0.25) is 0 Å². The quantitative estimate of drug-likeness (QED) is 0.157. The minimum absolute atomic E-state index is 0.0921. The molecular weight excluding hydrogens is 759 g/mol. The molecule has 0 unspecified atom stereocenters. The molecule has 0 saturated heterocycles. The van der Waals surface area contributed by atoms with E-state index in [4.69, 9.17) is 0 Å². The predicted molar refractivity (Wildman–Crippen MR) is 274 cm³/mol. The molecule has 0 saturated carbocycles. The van der Waals surface area contributed by atoms with Gasteiger partial charge in [0.05, 0.1) is 11.0 Å². The average molecular weight is 806 g/mol. The van der Waals surface area contributed by atoms with E-state index < -0.39 is 0 Å². The van der Waals surface area contributed by atoms with E-state index in [9.17, 15) is 0 Å². The van der Waals surface area contributed by atoms with Gasteiger partial charge in [0.15, 0.2) is 0 Å². The number of para-hydroxylation sites is 1. The third-order valence-corrected chi connectivity index (χ3v) is 14.2. The van der Waals surface area contributed by atoms with Gasteiger partial charge in [0.25, 0.3) is 0 Å². The number of benzene rings is 12. The van der Waals surface area contributed by atoms with Gasteiger partial charge in [-0.25, -0.2) is 0 Å². The molecule has 0 spiro atoms. The monoisotopic (exact) mass is 805 g/mol. The van der Waals surface area contributed by atoms with E-state index in [0.29, 0.717) is 0 Å². The first kappa shape index (κ1) is 36.4. The summed E-state index contributed by atoms with van der Waals surface area (Å²) in [6.45, 7) is 13.8. The van der Waals surface area contributed by atoms with E-state index in [1.54, 1.807) is 0 Å². The fraction of sp³-hybridized carbons (Fsp3) is 0.129. The van der Waals surface area contributed by atoms with Crippen LogP contribution in [0, 0.1) is 0 Å². The highest BCUT2D eigenvalue weighted by atomic mass is 15.0. The fourth-order valence-electron chi connectivity index (χ4n) is 11.0. The number of nitrogens with zero attached hydrogens (tertiary/aromatic N) is 1. The summed E-state index contributed by atoms with van der Waals surface area (Å²) >= 11 is 0. The molecule has 13 rings (SSSR count). The highest BCUT2D eigenvalue weighted by Gasteiger charge is 2.22. The summed E-state index contributed by atoms with van der Waals surface area (Å²) in [7, 11) is 0. The van der Waals surface area contributed by atoms with E-state index in [2.05, 4.69) is 222 Å². The van der Waals surface area contributed by atoms with Crippen LogP contribution in [0.4, 0.5) is 0 Å². The van der Waals surface area contributed by atoms with Gasteiger partial charge in [-0.1, -0.05) is 175 Å². The second-order valence-electron chi connectivity index (χ2n) is 20.2. The minimum Gasteiger partial charge on any atom is -0.309 e. The van der Waals surface area contributed by atoms with Crippen molar-refractivity contribution in [1.82, 2.24) is 4.57 Å². The molecule has 12 aromatic carbocycles. The van der Waals surface area contributed by atoms with Crippen molar-refractivity contribution < 1.29 is 0 Å². The number of fused-ring (bicyclic) bond motifs is 5. The lowest BCUT2D eigenvalue weighted by molar-refractivity contribution is 0.591. The minimum atomic E-state index is 0.0921. The van der Waals surface area contributed by atoms with Crippen molar-refractivity contribution in [2.45, 2.75) is 52.4 Å². The van der Waals surface area contributed by atoms with Gasteiger partial charge in [-0.2, -0.15) is 0 Å². The van der Waals surface area contributed by atoms with Gasteiger partial charge in [0, 0.05) is 21.8 Å². The van der Waals surface area contributed by atoms with Gasteiger partial charge in [-0.15, -0.1) is 0 Å². The van der Waals surface area contributed by atoms with E-state index in [-0.39, 0.29) is 10.8 Å². The van der Waals surface area contributed by atoms with Gasteiger partial charge in [-0.05, 0) is 157 Å². The lowest BCUT2D eigenvalue weighted by atomic mass is 9.83. The first-order valence-electron chi connectivity index (χ1n) is 22.5. The Balaban J connectivity index is 1.00. The van der Waals surface area contributed by atoms with Gasteiger partial charge in [-0.3, -0.25) is 0 Å². The van der Waals surface area contributed by atoms with Crippen molar-refractivity contribution in [3.05, 3.63) is 187 Å². The summed E-state index contributed by atoms with van der Waals surface area (Å²) in [5.74, 6) is 0. The van der Waals surface area contributed by atoms with Crippen LogP contribution in [-0.4, -0.2) is 4.57 Å². The number of rotatable bonds is 3. The van der Waals surface area contributed by atoms with Crippen molar-refractivity contribution in [3.8, 4) is 27.9 Å². The Hall–Kier alpha value is -7.22. The van der Waals surface area contributed by atoms with Crippen LogP contribution in [0.2, 0.25) is 0 Å². The average Bonchev–Trinajstić information content (AvgIpc) is 3.63. The van der Waals surface area contributed by atoms with Crippen LogP contribution in [0.25, 0.3) is 125 Å². The summed E-state index contributed by atoms with van der Waals surface area (Å²) in [6.07, 6.45) is 0. The fourth-order valence-corrected chi connectivity index (χ4v) is 11.0. The van der Waals surface area contributed by atoms with Crippen molar-refractivity contribution >= 4 is 97.2 Å². The Morgan fingerprint density at radius 1 is 0.317 bits per heavy atom. The third kappa shape index (κ3) is 5.36. The molecule has 0 radical (unpaired) electrons. The SMILES string of the molecule is CC(C)(C)c1cc2ccc3cc(-c4ccc5c6ccc7c(-c8cc9ccc%10cc(C(C)(C)C)cc%11ccc(c8)c9c%10%11)cccc7c6n(-c6ccccc6)c5c4)cc4ccc(c1)c2c34. The van der Waals surface area contributed by atoms with Crippen molar-refractivity contribution in [2.24, 2.45) is 0 Å². The molecule has 0 bridgehead atoms. The molecule has 0 fully saturated rings. The number of hydrogen-bond acceptors (Lipinski definition) is 0. The second-order valence-corrected chi connectivity index (χ2v) is 20.2. The lowest BCUT2D eigenvalue weighted by Gasteiger charge is -2.21.